The van der Waals surface area contributed by atoms with Crippen LogP contribution in [0.15, 0.2) is 18.2 Å². The van der Waals surface area contributed by atoms with Crippen LogP contribution >= 0.6 is 0 Å². The molecule has 2 rings (SSSR count). The van der Waals surface area contributed by atoms with Crippen LogP contribution in [0, 0.1) is 0 Å². The van der Waals surface area contributed by atoms with Gasteiger partial charge in [0.25, 0.3) is 0 Å². The fourth-order valence-corrected chi connectivity index (χ4v) is 1.96. The van der Waals surface area contributed by atoms with E-state index in [0.717, 1.165) is 25.3 Å². The minimum absolute atomic E-state index is 0.234. The third-order valence-corrected chi connectivity index (χ3v) is 2.69. The van der Waals surface area contributed by atoms with Gasteiger partial charge in [-0.15, -0.1) is 0 Å². The molecule has 14 heavy (non-hydrogen) atoms. The van der Waals surface area contributed by atoms with Gasteiger partial charge in [0.1, 0.15) is 0 Å². The molecule has 0 saturated carbocycles. The Bertz CT molecular complexity index is 325. The molecule has 1 aromatic rings. The number of alkyl halides is 1. The van der Waals surface area contributed by atoms with Gasteiger partial charge in [0.15, 0.2) is 0 Å². The Kier molecular flexibility index (Phi) is 2.68. The van der Waals surface area contributed by atoms with Crippen molar-refractivity contribution in [3.63, 3.8) is 0 Å². The van der Waals surface area contributed by atoms with Crippen molar-refractivity contribution in [3.8, 4) is 0 Å². The molecule has 0 spiro atoms. The van der Waals surface area contributed by atoms with Crippen LogP contribution in [0.1, 0.15) is 17.5 Å². The number of anilines is 1. The quantitative estimate of drug-likeness (QED) is 0.745. The summed E-state index contributed by atoms with van der Waals surface area (Å²) < 4.78 is 12.0. The van der Waals surface area contributed by atoms with Crippen LogP contribution in [0.3, 0.4) is 0 Å². The van der Waals surface area contributed by atoms with Crippen LogP contribution in [-0.4, -0.2) is 18.1 Å². The van der Waals surface area contributed by atoms with Gasteiger partial charge in [-0.05, 0) is 23.6 Å². The number of hydrogen-bond acceptors (Lipinski definition) is 2. The van der Waals surface area contributed by atoms with Crippen molar-refractivity contribution in [1.29, 1.82) is 0 Å². The highest BCUT2D eigenvalue weighted by atomic mass is 19.1. The van der Waals surface area contributed by atoms with E-state index in [1.165, 1.54) is 11.1 Å². The van der Waals surface area contributed by atoms with E-state index >= 15 is 0 Å². The first-order valence-corrected chi connectivity index (χ1v) is 4.96. The van der Waals surface area contributed by atoms with Gasteiger partial charge in [-0.1, -0.05) is 12.1 Å². The van der Waals surface area contributed by atoms with Gasteiger partial charge in [0.05, 0.1) is 6.67 Å². The van der Waals surface area contributed by atoms with Crippen molar-refractivity contribution in [2.75, 3.05) is 19.0 Å². The van der Waals surface area contributed by atoms with Crippen LogP contribution in [-0.2, 0) is 13.1 Å². The van der Waals surface area contributed by atoms with Crippen LogP contribution in [0.5, 0.6) is 0 Å². The molecular weight excluding hydrogens is 179 g/mol. The Morgan fingerprint density at radius 2 is 2.21 bits per heavy atom. The smallest absolute Gasteiger partial charge is 0.0906 e. The number of nitrogens with zero attached hydrogens (tertiary/aromatic N) is 1. The summed E-state index contributed by atoms with van der Waals surface area (Å²) in [5.74, 6) is 0. The van der Waals surface area contributed by atoms with Gasteiger partial charge in [-0.3, -0.25) is 9.29 Å². The molecule has 0 aliphatic carbocycles. The molecule has 1 aromatic carbocycles. The first-order chi connectivity index (χ1) is 6.81. The zero-order chi connectivity index (χ0) is 9.97. The number of nitrogen functional groups attached to an aromatic ring is 1. The maximum atomic E-state index is 12.0. The van der Waals surface area contributed by atoms with E-state index in [9.17, 15) is 4.39 Å². The van der Waals surface area contributed by atoms with E-state index in [0.29, 0.717) is 6.42 Å². The minimum Gasteiger partial charge on any atom is -0.398 e. The van der Waals surface area contributed by atoms with Gasteiger partial charge in [0.2, 0.25) is 0 Å². The molecule has 3 heteroatoms. The summed E-state index contributed by atoms with van der Waals surface area (Å²) >= 11 is 0. The molecule has 0 bridgehead atoms. The van der Waals surface area contributed by atoms with Gasteiger partial charge in [-0.2, -0.15) is 0 Å². The molecule has 0 fully saturated rings. The second-order valence-electron chi connectivity index (χ2n) is 3.74. The van der Waals surface area contributed by atoms with E-state index in [4.69, 9.17) is 5.73 Å². The maximum absolute atomic E-state index is 12.0. The Labute approximate surface area is 83.5 Å². The molecule has 76 valence electrons. The first kappa shape index (κ1) is 9.46. The lowest BCUT2D eigenvalue weighted by Crippen LogP contribution is -2.18. The molecule has 1 aliphatic rings. The molecular formula is C11H15FN2. The van der Waals surface area contributed by atoms with Crippen LogP contribution in [0.2, 0.25) is 0 Å². The van der Waals surface area contributed by atoms with E-state index in [2.05, 4.69) is 11.0 Å². The molecule has 0 atom stereocenters. The summed E-state index contributed by atoms with van der Waals surface area (Å²) in [4.78, 5) is 2.24. The summed E-state index contributed by atoms with van der Waals surface area (Å²) in [6, 6.07) is 6.01. The number of fused-ring (bicyclic) bond motifs is 1. The Morgan fingerprint density at radius 3 is 2.93 bits per heavy atom. The van der Waals surface area contributed by atoms with Crippen LogP contribution < -0.4 is 5.73 Å². The summed E-state index contributed by atoms with van der Waals surface area (Å²) in [5, 5.41) is 0. The van der Waals surface area contributed by atoms with Crippen molar-refractivity contribution in [1.82, 2.24) is 4.90 Å². The largest absolute Gasteiger partial charge is 0.398 e. The Morgan fingerprint density at radius 1 is 1.36 bits per heavy atom. The van der Waals surface area contributed by atoms with Crippen LogP contribution in [0.4, 0.5) is 10.1 Å². The molecule has 2 N–H and O–H groups in total. The monoisotopic (exact) mass is 194 g/mol. The van der Waals surface area contributed by atoms with E-state index < -0.39 is 0 Å². The van der Waals surface area contributed by atoms with Gasteiger partial charge >= 0.3 is 0 Å². The van der Waals surface area contributed by atoms with Crippen LogP contribution in [0.25, 0.3) is 0 Å². The molecule has 1 aliphatic heterocycles. The number of halogens is 1. The van der Waals surface area contributed by atoms with Crippen molar-refractivity contribution in [2.45, 2.75) is 19.5 Å². The fraction of sp³-hybridized carbons (Fsp3) is 0.455. The van der Waals surface area contributed by atoms with Gasteiger partial charge in [0, 0.05) is 25.3 Å². The Hall–Kier alpha value is -1.09. The summed E-state index contributed by atoms with van der Waals surface area (Å²) in [6.07, 6.45) is 0.619. The molecule has 0 radical (unpaired) electrons. The first-order valence-electron chi connectivity index (χ1n) is 4.96. The van der Waals surface area contributed by atoms with E-state index in [-0.39, 0.29) is 6.67 Å². The number of nitrogens with two attached hydrogens (primary N) is 1. The molecule has 0 aromatic heterocycles. The number of hydrogen-bond donors (Lipinski definition) is 1. The van der Waals surface area contributed by atoms with Crippen molar-refractivity contribution in [2.24, 2.45) is 0 Å². The van der Waals surface area contributed by atoms with Gasteiger partial charge in [-0.25, -0.2) is 0 Å². The zero-order valence-corrected chi connectivity index (χ0v) is 8.17. The summed E-state index contributed by atoms with van der Waals surface area (Å²) in [6.45, 7) is 2.38. The second kappa shape index (κ2) is 3.96. The normalized spacial score (nSPS) is 15.8. The predicted molar refractivity (Wildman–Crippen MR) is 55.6 cm³/mol. The average Bonchev–Trinajstić information content (AvgIpc) is 2.59. The molecule has 2 nitrogen and oxygen atoms in total. The SMILES string of the molecule is Nc1cccc2c1CN(CCCF)C2. The van der Waals surface area contributed by atoms with E-state index in [1.807, 2.05) is 12.1 Å². The zero-order valence-electron chi connectivity index (χ0n) is 8.17. The maximum Gasteiger partial charge on any atom is 0.0906 e. The molecule has 0 unspecified atom stereocenters. The topological polar surface area (TPSA) is 29.3 Å². The molecule has 0 amide bonds. The fourth-order valence-electron chi connectivity index (χ4n) is 1.96. The minimum atomic E-state index is -0.234. The highest BCUT2D eigenvalue weighted by Crippen LogP contribution is 2.27. The van der Waals surface area contributed by atoms with Crippen molar-refractivity contribution in [3.05, 3.63) is 29.3 Å². The summed E-state index contributed by atoms with van der Waals surface area (Å²) in [5.41, 5.74) is 9.25. The number of rotatable bonds is 3. The van der Waals surface area contributed by atoms with Crippen molar-refractivity contribution >= 4 is 5.69 Å². The highest BCUT2D eigenvalue weighted by Gasteiger charge is 2.19. The molecule has 1 heterocycles. The average molecular weight is 194 g/mol. The highest BCUT2D eigenvalue weighted by molar-refractivity contribution is 5.52. The third kappa shape index (κ3) is 1.73. The number of benzene rings is 1. The second-order valence-corrected chi connectivity index (χ2v) is 3.74. The Balaban J connectivity index is 2.06. The van der Waals surface area contributed by atoms with E-state index in [1.54, 1.807) is 0 Å². The summed E-state index contributed by atoms with van der Waals surface area (Å²) in [7, 11) is 0. The molecule has 0 saturated heterocycles. The lowest BCUT2D eigenvalue weighted by molar-refractivity contribution is 0.267. The third-order valence-electron chi connectivity index (χ3n) is 2.69. The lowest BCUT2D eigenvalue weighted by Gasteiger charge is -2.12. The lowest BCUT2D eigenvalue weighted by atomic mass is 10.1. The predicted octanol–water partition coefficient (Wildman–Crippen LogP) is 1.94. The van der Waals surface area contributed by atoms with Gasteiger partial charge < -0.3 is 5.73 Å². The van der Waals surface area contributed by atoms with Crippen molar-refractivity contribution < 1.29 is 4.39 Å². The standard InChI is InChI=1S/C11H15FN2/c12-5-2-6-14-7-9-3-1-4-11(13)10(9)8-14/h1,3-4H,2,5-8,13H2.